The third-order valence-electron chi connectivity index (χ3n) is 4.22. The summed E-state index contributed by atoms with van der Waals surface area (Å²) in [6, 6.07) is 4.52. The topological polar surface area (TPSA) is 53.0 Å². The van der Waals surface area contributed by atoms with Crippen LogP contribution in [0, 0.1) is 11.8 Å². The van der Waals surface area contributed by atoms with Crippen LogP contribution >= 0.6 is 0 Å². The highest BCUT2D eigenvalue weighted by atomic mass is 19.4. The number of carbonyl (C=O) groups excluding carboxylic acids is 2. The normalized spacial score (nSPS) is 23.4. The van der Waals surface area contributed by atoms with Crippen molar-refractivity contribution in [3.63, 3.8) is 0 Å². The molecule has 1 aromatic carbocycles. The smallest absolute Gasteiger partial charge is 0.290 e. The molecule has 5 nitrogen and oxygen atoms in total. The van der Waals surface area contributed by atoms with Gasteiger partial charge in [0.05, 0.1) is 5.56 Å². The fourth-order valence-corrected chi connectivity index (χ4v) is 3.02. The van der Waals surface area contributed by atoms with E-state index < -0.39 is 29.7 Å². The lowest BCUT2D eigenvalue weighted by Crippen LogP contribution is -2.63. The van der Waals surface area contributed by atoms with Crippen LogP contribution in [0.25, 0.3) is 0 Å². The van der Waals surface area contributed by atoms with Crippen molar-refractivity contribution in [1.29, 1.82) is 0 Å². The third-order valence-corrected chi connectivity index (χ3v) is 4.22. The van der Waals surface area contributed by atoms with Gasteiger partial charge >= 0.3 is 6.18 Å². The van der Waals surface area contributed by atoms with Gasteiger partial charge in [-0.2, -0.15) is 13.2 Å². The highest BCUT2D eigenvalue weighted by Gasteiger charge is 2.47. The molecule has 0 radical (unpaired) electrons. The predicted molar refractivity (Wildman–Crippen MR) is 85.5 cm³/mol. The van der Waals surface area contributed by atoms with E-state index in [1.54, 1.807) is 13.8 Å². The zero-order chi connectivity index (χ0) is 18.4. The Balaban J connectivity index is 2.09. The predicted octanol–water partition coefficient (Wildman–Crippen LogP) is 3.03. The molecule has 0 aromatic heterocycles. The molecule has 0 saturated carbocycles. The first kappa shape index (κ1) is 17.2. The summed E-state index contributed by atoms with van der Waals surface area (Å²) in [6.07, 6.45) is -1.18. The minimum atomic E-state index is -4.53. The largest absolute Gasteiger partial charge is 0.416 e. The first-order valence-corrected chi connectivity index (χ1v) is 7.74. The van der Waals surface area contributed by atoms with Crippen molar-refractivity contribution >= 4 is 23.7 Å². The number of nitrogens with zero attached hydrogens (tertiary/aromatic N) is 3. The minimum absolute atomic E-state index is 0.0784. The molecular weight excluding hydrogens is 335 g/mol. The van der Waals surface area contributed by atoms with Crippen molar-refractivity contribution in [3.8, 4) is 0 Å². The van der Waals surface area contributed by atoms with Crippen LogP contribution in [0.3, 0.4) is 0 Å². The average Bonchev–Trinajstić information content (AvgIpc) is 2.54. The van der Waals surface area contributed by atoms with E-state index in [4.69, 9.17) is 0 Å². The molecule has 0 N–H and O–H groups in total. The van der Waals surface area contributed by atoms with E-state index in [1.807, 2.05) is 0 Å². The van der Waals surface area contributed by atoms with Gasteiger partial charge in [0.1, 0.15) is 5.92 Å². The monoisotopic (exact) mass is 351 g/mol. The zero-order valence-electron chi connectivity index (χ0n) is 13.6. The quantitative estimate of drug-likeness (QED) is 0.769. The number of aliphatic imine (C=N–C) groups is 1. The number of anilines is 1. The highest BCUT2D eigenvalue weighted by Crippen LogP contribution is 2.35. The first-order valence-electron chi connectivity index (χ1n) is 7.74. The van der Waals surface area contributed by atoms with Crippen molar-refractivity contribution in [2.24, 2.45) is 16.8 Å². The van der Waals surface area contributed by atoms with Crippen molar-refractivity contribution in [2.75, 3.05) is 4.90 Å². The Hall–Kier alpha value is -2.64. The van der Waals surface area contributed by atoms with Crippen molar-refractivity contribution in [3.05, 3.63) is 42.2 Å². The summed E-state index contributed by atoms with van der Waals surface area (Å²) in [4.78, 5) is 32.0. The minimum Gasteiger partial charge on any atom is -0.290 e. The molecule has 0 bridgehead atoms. The molecule has 1 aromatic rings. The number of rotatable bonds is 2. The molecule has 3 rings (SSSR count). The molecule has 8 heteroatoms. The number of amides is 2. The number of carbonyl (C=O) groups is 2. The van der Waals surface area contributed by atoms with Gasteiger partial charge in [0, 0.05) is 24.3 Å². The Bertz CT molecular complexity index is 771. The lowest BCUT2D eigenvalue weighted by atomic mass is 9.89. The Kier molecular flexibility index (Phi) is 4.14. The molecular formula is C17H16F3N3O2. The van der Waals surface area contributed by atoms with Gasteiger partial charge in [-0.25, -0.2) is 0 Å². The van der Waals surface area contributed by atoms with Gasteiger partial charge in [0.15, 0.2) is 6.17 Å². The van der Waals surface area contributed by atoms with Gasteiger partial charge in [0.25, 0.3) is 0 Å². The summed E-state index contributed by atoms with van der Waals surface area (Å²) in [7, 11) is 0. The molecule has 132 valence electrons. The van der Waals surface area contributed by atoms with E-state index in [0.29, 0.717) is 0 Å². The number of hydrogen-bond donors (Lipinski definition) is 0. The summed E-state index contributed by atoms with van der Waals surface area (Å²) in [5, 5.41) is 0. The molecule has 1 fully saturated rings. The van der Waals surface area contributed by atoms with Crippen LogP contribution < -0.4 is 4.90 Å². The number of hydrogen-bond acceptors (Lipinski definition) is 3. The molecule has 25 heavy (non-hydrogen) atoms. The lowest BCUT2D eigenvalue weighted by Gasteiger charge is -2.44. The van der Waals surface area contributed by atoms with E-state index in [2.05, 4.69) is 4.99 Å². The number of alkyl halides is 3. The fourth-order valence-electron chi connectivity index (χ4n) is 3.02. The van der Waals surface area contributed by atoms with Gasteiger partial charge in [-0.05, 0) is 24.1 Å². The van der Waals surface area contributed by atoms with Crippen LogP contribution in [-0.4, -0.2) is 29.1 Å². The molecule has 2 unspecified atom stereocenters. The average molecular weight is 351 g/mol. The van der Waals surface area contributed by atoms with Crippen molar-refractivity contribution in [2.45, 2.75) is 26.2 Å². The van der Waals surface area contributed by atoms with E-state index in [0.717, 1.165) is 12.1 Å². The molecule has 2 amide bonds. The standard InChI is InChI=1S/C17H16F3N3O2/c1-10(2)14-15(24)22-7-6-21-9-13(22)23(16(14)25)12-5-3-4-11(8-12)17(18,19)20/h3-10,13-14H,1-2H3. The molecule has 2 aliphatic rings. The van der Waals surface area contributed by atoms with Crippen LogP contribution in [0.15, 0.2) is 41.7 Å². The second kappa shape index (κ2) is 6.02. The zero-order valence-corrected chi connectivity index (χ0v) is 13.6. The number of fused-ring (bicyclic) bond motifs is 1. The highest BCUT2D eigenvalue weighted by molar-refractivity contribution is 6.14. The van der Waals surface area contributed by atoms with E-state index in [1.165, 1.54) is 40.5 Å². The molecule has 2 heterocycles. The maximum Gasteiger partial charge on any atom is 0.416 e. The van der Waals surface area contributed by atoms with Gasteiger partial charge in [0.2, 0.25) is 11.8 Å². The molecule has 0 aliphatic carbocycles. The van der Waals surface area contributed by atoms with Crippen LogP contribution in [-0.2, 0) is 15.8 Å². The Morgan fingerprint density at radius 2 is 1.88 bits per heavy atom. The maximum atomic E-state index is 13.0. The summed E-state index contributed by atoms with van der Waals surface area (Å²) in [6.45, 7) is 3.46. The summed E-state index contributed by atoms with van der Waals surface area (Å²) in [5.74, 6) is -2.15. The molecule has 1 saturated heterocycles. The summed E-state index contributed by atoms with van der Waals surface area (Å²) in [5.41, 5.74) is -0.777. The summed E-state index contributed by atoms with van der Waals surface area (Å²) < 4.78 is 39.1. The Labute approximate surface area is 142 Å². The van der Waals surface area contributed by atoms with E-state index >= 15 is 0 Å². The second-order valence-corrected chi connectivity index (χ2v) is 6.23. The van der Waals surface area contributed by atoms with Gasteiger partial charge in [-0.3, -0.25) is 24.4 Å². The van der Waals surface area contributed by atoms with Crippen LogP contribution in [0.2, 0.25) is 0 Å². The van der Waals surface area contributed by atoms with Crippen molar-refractivity contribution in [1.82, 2.24) is 4.90 Å². The van der Waals surface area contributed by atoms with Gasteiger partial charge < -0.3 is 0 Å². The SMILES string of the molecule is CC(C)C1C(=O)N2C=CN=CC2N(c2cccc(C(F)(F)F)c2)C1=O. The Morgan fingerprint density at radius 3 is 2.52 bits per heavy atom. The van der Waals surface area contributed by atoms with E-state index in [9.17, 15) is 22.8 Å². The molecule has 0 spiro atoms. The van der Waals surface area contributed by atoms with Gasteiger partial charge in [-0.1, -0.05) is 19.9 Å². The summed E-state index contributed by atoms with van der Waals surface area (Å²) >= 11 is 0. The van der Waals surface area contributed by atoms with Crippen LogP contribution in [0.4, 0.5) is 18.9 Å². The Morgan fingerprint density at radius 1 is 1.16 bits per heavy atom. The number of halogens is 3. The van der Waals surface area contributed by atoms with Gasteiger partial charge in [-0.15, -0.1) is 0 Å². The lowest BCUT2D eigenvalue weighted by molar-refractivity contribution is -0.146. The second-order valence-electron chi connectivity index (χ2n) is 6.23. The maximum absolute atomic E-state index is 13.0. The van der Waals surface area contributed by atoms with Crippen LogP contribution in [0.5, 0.6) is 0 Å². The first-order chi connectivity index (χ1) is 11.7. The van der Waals surface area contributed by atoms with Crippen LogP contribution in [0.1, 0.15) is 19.4 Å². The third kappa shape index (κ3) is 2.92. The molecule has 2 aliphatic heterocycles. The molecule has 2 atom stereocenters. The van der Waals surface area contributed by atoms with E-state index in [-0.39, 0.29) is 17.5 Å². The fraction of sp³-hybridized carbons (Fsp3) is 0.353. The number of benzene rings is 1. The van der Waals surface area contributed by atoms with Crippen molar-refractivity contribution < 1.29 is 22.8 Å².